The van der Waals surface area contributed by atoms with E-state index in [1.165, 1.54) is 12.1 Å². The molecular formula is C16H18Cl2N2O2S. The first kappa shape index (κ1) is 18.1. The lowest BCUT2D eigenvalue weighted by Crippen LogP contribution is -2.23. The summed E-state index contributed by atoms with van der Waals surface area (Å²) in [6.45, 7) is 1.92. The number of nitrogens with zero attached hydrogens (tertiary/aromatic N) is 1. The average molecular weight is 373 g/mol. The molecule has 0 saturated carbocycles. The monoisotopic (exact) mass is 372 g/mol. The summed E-state index contributed by atoms with van der Waals surface area (Å²) in [5.74, 6) is 0. The lowest BCUT2D eigenvalue weighted by atomic mass is 10.2. The van der Waals surface area contributed by atoms with Crippen molar-refractivity contribution in [2.24, 2.45) is 0 Å². The SMILES string of the molecule is Cc1cc(S(=O)(=O)NCc2ccc(N(C)C)cc2)c(Cl)cc1Cl. The molecule has 1 N–H and O–H groups in total. The molecular weight excluding hydrogens is 355 g/mol. The summed E-state index contributed by atoms with van der Waals surface area (Å²) in [6, 6.07) is 10.5. The molecule has 0 saturated heterocycles. The van der Waals surface area contributed by atoms with E-state index in [2.05, 4.69) is 4.72 Å². The number of nitrogens with one attached hydrogen (secondary N) is 1. The maximum atomic E-state index is 12.4. The van der Waals surface area contributed by atoms with Gasteiger partial charge >= 0.3 is 0 Å². The molecule has 7 heteroatoms. The van der Waals surface area contributed by atoms with Crippen LogP contribution in [-0.2, 0) is 16.6 Å². The number of aryl methyl sites for hydroxylation is 1. The third kappa shape index (κ3) is 4.38. The zero-order chi connectivity index (χ0) is 17.2. The molecule has 0 fully saturated rings. The van der Waals surface area contributed by atoms with Crippen molar-refractivity contribution in [2.45, 2.75) is 18.4 Å². The Morgan fingerprint density at radius 2 is 1.65 bits per heavy atom. The van der Waals surface area contributed by atoms with Gasteiger partial charge in [0.15, 0.2) is 0 Å². The molecule has 2 aromatic rings. The van der Waals surface area contributed by atoms with Crippen LogP contribution in [-0.4, -0.2) is 22.5 Å². The molecule has 2 aromatic carbocycles. The van der Waals surface area contributed by atoms with Crippen LogP contribution < -0.4 is 9.62 Å². The molecule has 0 spiro atoms. The number of rotatable bonds is 5. The van der Waals surface area contributed by atoms with Crippen molar-refractivity contribution in [1.29, 1.82) is 0 Å². The van der Waals surface area contributed by atoms with Crippen LogP contribution in [0.2, 0.25) is 10.0 Å². The van der Waals surface area contributed by atoms with Crippen molar-refractivity contribution in [3.05, 3.63) is 57.6 Å². The lowest BCUT2D eigenvalue weighted by Gasteiger charge is -2.13. The van der Waals surface area contributed by atoms with Crippen LogP contribution >= 0.6 is 23.2 Å². The van der Waals surface area contributed by atoms with Crippen molar-refractivity contribution < 1.29 is 8.42 Å². The highest BCUT2D eigenvalue weighted by Crippen LogP contribution is 2.28. The summed E-state index contributed by atoms with van der Waals surface area (Å²) < 4.78 is 27.4. The van der Waals surface area contributed by atoms with Crippen molar-refractivity contribution in [3.63, 3.8) is 0 Å². The zero-order valence-electron chi connectivity index (χ0n) is 13.1. The van der Waals surface area contributed by atoms with Gasteiger partial charge < -0.3 is 4.90 Å². The first-order valence-electron chi connectivity index (χ1n) is 6.92. The Bertz CT molecular complexity index is 804. The van der Waals surface area contributed by atoms with Gasteiger partial charge in [0.05, 0.1) is 5.02 Å². The van der Waals surface area contributed by atoms with Crippen molar-refractivity contribution in [1.82, 2.24) is 4.72 Å². The van der Waals surface area contributed by atoms with E-state index in [0.29, 0.717) is 10.6 Å². The molecule has 0 radical (unpaired) electrons. The van der Waals surface area contributed by atoms with E-state index in [9.17, 15) is 8.42 Å². The Hall–Kier alpha value is -1.27. The fourth-order valence-corrected chi connectivity index (χ4v) is 3.85. The number of sulfonamides is 1. The minimum absolute atomic E-state index is 0.0333. The number of benzene rings is 2. The molecule has 0 atom stereocenters. The summed E-state index contributed by atoms with van der Waals surface area (Å²) in [5, 5.41) is 0.546. The first-order valence-corrected chi connectivity index (χ1v) is 9.16. The average Bonchev–Trinajstić information content (AvgIpc) is 2.49. The minimum Gasteiger partial charge on any atom is -0.378 e. The smallest absolute Gasteiger partial charge is 0.242 e. The summed E-state index contributed by atoms with van der Waals surface area (Å²) >= 11 is 12.0. The van der Waals surface area contributed by atoms with E-state index in [0.717, 1.165) is 11.3 Å². The highest BCUT2D eigenvalue weighted by molar-refractivity contribution is 7.89. The van der Waals surface area contributed by atoms with Gasteiger partial charge in [0.25, 0.3) is 0 Å². The van der Waals surface area contributed by atoms with Gasteiger partial charge in [-0.1, -0.05) is 35.3 Å². The topological polar surface area (TPSA) is 49.4 Å². The third-order valence-electron chi connectivity index (χ3n) is 3.42. The summed E-state index contributed by atoms with van der Waals surface area (Å²) in [7, 11) is 0.188. The Kier molecular flexibility index (Phi) is 5.57. The van der Waals surface area contributed by atoms with Gasteiger partial charge in [-0.05, 0) is 42.3 Å². The Morgan fingerprint density at radius 1 is 1.04 bits per heavy atom. The van der Waals surface area contributed by atoms with E-state index in [-0.39, 0.29) is 16.5 Å². The summed E-state index contributed by atoms with van der Waals surface area (Å²) in [6.07, 6.45) is 0. The van der Waals surface area contributed by atoms with Crippen LogP contribution in [0.1, 0.15) is 11.1 Å². The Labute approximate surface area is 147 Å². The van der Waals surface area contributed by atoms with E-state index in [4.69, 9.17) is 23.2 Å². The fraction of sp³-hybridized carbons (Fsp3) is 0.250. The predicted octanol–water partition coefficient (Wildman–Crippen LogP) is 3.85. The van der Waals surface area contributed by atoms with Crippen LogP contribution in [0, 0.1) is 6.92 Å². The molecule has 0 aliphatic carbocycles. The molecule has 2 rings (SSSR count). The number of hydrogen-bond acceptors (Lipinski definition) is 3. The van der Waals surface area contributed by atoms with Gasteiger partial charge in [0, 0.05) is 31.4 Å². The normalized spacial score (nSPS) is 11.5. The van der Waals surface area contributed by atoms with Gasteiger partial charge in [-0.3, -0.25) is 0 Å². The van der Waals surface area contributed by atoms with Crippen LogP contribution in [0.25, 0.3) is 0 Å². The quantitative estimate of drug-likeness (QED) is 0.866. The van der Waals surface area contributed by atoms with E-state index in [1.807, 2.05) is 43.3 Å². The number of hydrogen-bond donors (Lipinski definition) is 1. The van der Waals surface area contributed by atoms with Crippen LogP contribution in [0.4, 0.5) is 5.69 Å². The zero-order valence-corrected chi connectivity index (χ0v) is 15.4. The molecule has 0 heterocycles. The number of halogens is 2. The van der Waals surface area contributed by atoms with E-state index in [1.54, 1.807) is 6.92 Å². The van der Waals surface area contributed by atoms with E-state index >= 15 is 0 Å². The summed E-state index contributed by atoms with van der Waals surface area (Å²) in [4.78, 5) is 2.01. The Balaban J connectivity index is 2.17. The second-order valence-electron chi connectivity index (χ2n) is 5.42. The highest BCUT2D eigenvalue weighted by atomic mass is 35.5. The van der Waals surface area contributed by atoms with Crippen LogP contribution in [0.5, 0.6) is 0 Å². The molecule has 0 aliphatic rings. The molecule has 23 heavy (non-hydrogen) atoms. The van der Waals surface area contributed by atoms with Crippen molar-refractivity contribution in [3.8, 4) is 0 Å². The first-order chi connectivity index (χ1) is 10.7. The van der Waals surface area contributed by atoms with Crippen LogP contribution in [0.3, 0.4) is 0 Å². The van der Waals surface area contributed by atoms with Crippen molar-refractivity contribution >= 4 is 38.9 Å². The number of anilines is 1. The molecule has 0 aromatic heterocycles. The fourth-order valence-electron chi connectivity index (χ4n) is 2.00. The molecule has 124 valence electrons. The van der Waals surface area contributed by atoms with Crippen molar-refractivity contribution in [2.75, 3.05) is 19.0 Å². The van der Waals surface area contributed by atoms with Gasteiger partial charge in [-0.15, -0.1) is 0 Å². The lowest BCUT2D eigenvalue weighted by molar-refractivity contribution is 0.581. The maximum absolute atomic E-state index is 12.4. The maximum Gasteiger partial charge on any atom is 0.242 e. The Morgan fingerprint density at radius 3 is 2.22 bits per heavy atom. The molecule has 0 amide bonds. The standard InChI is InChI=1S/C16H18Cl2N2O2S/c1-11-8-16(15(18)9-14(11)17)23(21,22)19-10-12-4-6-13(7-5-12)20(2)3/h4-9,19H,10H2,1-3H3. The van der Waals surface area contributed by atoms with Gasteiger partial charge in [-0.25, -0.2) is 13.1 Å². The summed E-state index contributed by atoms with van der Waals surface area (Å²) in [5.41, 5.74) is 2.57. The second-order valence-corrected chi connectivity index (χ2v) is 7.97. The predicted molar refractivity (Wildman–Crippen MR) is 96.0 cm³/mol. The minimum atomic E-state index is -3.71. The van der Waals surface area contributed by atoms with Crippen LogP contribution in [0.15, 0.2) is 41.3 Å². The highest BCUT2D eigenvalue weighted by Gasteiger charge is 2.19. The van der Waals surface area contributed by atoms with E-state index < -0.39 is 10.0 Å². The van der Waals surface area contributed by atoms with Gasteiger partial charge in [0.2, 0.25) is 10.0 Å². The van der Waals surface area contributed by atoms with Gasteiger partial charge in [0.1, 0.15) is 4.90 Å². The molecule has 0 bridgehead atoms. The molecule has 0 aliphatic heterocycles. The third-order valence-corrected chi connectivity index (χ3v) is 5.69. The molecule has 4 nitrogen and oxygen atoms in total. The second kappa shape index (κ2) is 7.09. The van der Waals surface area contributed by atoms with Gasteiger partial charge in [-0.2, -0.15) is 0 Å². The largest absolute Gasteiger partial charge is 0.378 e. The molecule has 0 unspecified atom stereocenters.